The van der Waals surface area contributed by atoms with Crippen LogP contribution in [0.5, 0.6) is 5.88 Å². The molecule has 6 nitrogen and oxygen atoms in total. The molecule has 1 N–H and O–H groups in total. The number of ether oxygens (including phenoxy) is 1. The van der Waals surface area contributed by atoms with Crippen LogP contribution < -0.4 is 15.4 Å². The number of amides is 2. The van der Waals surface area contributed by atoms with Crippen molar-refractivity contribution in [2.75, 3.05) is 6.61 Å². The maximum atomic E-state index is 12.2. The molecule has 0 fully saturated rings. The van der Waals surface area contributed by atoms with Gasteiger partial charge in [0.1, 0.15) is 0 Å². The number of urea groups is 1. The number of rotatable bonds is 6. The van der Waals surface area contributed by atoms with Gasteiger partial charge in [0.25, 0.3) is 0 Å². The predicted molar refractivity (Wildman–Crippen MR) is 109 cm³/mol. The Hall–Kier alpha value is -3.12. The van der Waals surface area contributed by atoms with Crippen LogP contribution >= 0.6 is 11.6 Å². The van der Waals surface area contributed by atoms with E-state index in [1.165, 1.54) is 6.20 Å². The van der Waals surface area contributed by atoms with Crippen LogP contribution in [0.4, 0.5) is 4.79 Å². The Labute approximate surface area is 168 Å². The zero-order chi connectivity index (χ0) is 19.8. The molecule has 0 aliphatic rings. The minimum absolute atomic E-state index is 0.340. The molecule has 1 heterocycles. The molecule has 3 aromatic rings. The Balaban J connectivity index is 1.79. The summed E-state index contributed by atoms with van der Waals surface area (Å²) >= 11 is 5.95. The normalized spacial score (nSPS) is 11.3. The molecule has 144 valence electrons. The van der Waals surface area contributed by atoms with Crippen molar-refractivity contribution in [3.05, 3.63) is 82.8 Å². The van der Waals surface area contributed by atoms with E-state index in [0.717, 1.165) is 17.7 Å². The summed E-state index contributed by atoms with van der Waals surface area (Å²) in [6.07, 6.45) is 2.39. The SMILES string of the molecule is CCCOc1cc(=NC(=O)NCc2cccc(Cl)c2)cnn1-c1ccccc1. The van der Waals surface area contributed by atoms with Gasteiger partial charge in [-0.15, -0.1) is 0 Å². The van der Waals surface area contributed by atoms with E-state index < -0.39 is 6.03 Å². The van der Waals surface area contributed by atoms with Gasteiger partial charge >= 0.3 is 6.03 Å². The monoisotopic (exact) mass is 396 g/mol. The smallest absolute Gasteiger partial charge is 0.341 e. The van der Waals surface area contributed by atoms with Crippen molar-refractivity contribution in [2.45, 2.75) is 19.9 Å². The molecule has 0 atom stereocenters. The van der Waals surface area contributed by atoms with Gasteiger partial charge in [-0.3, -0.25) is 0 Å². The molecule has 7 heteroatoms. The predicted octanol–water partition coefficient (Wildman–Crippen LogP) is 4.13. The third-order valence-electron chi connectivity index (χ3n) is 3.80. The highest BCUT2D eigenvalue weighted by Gasteiger charge is 2.06. The Morgan fingerprint density at radius 2 is 2.00 bits per heavy atom. The summed E-state index contributed by atoms with van der Waals surface area (Å²) in [4.78, 5) is 16.2. The van der Waals surface area contributed by atoms with Gasteiger partial charge in [-0.05, 0) is 36.2 Å². The van der Waals surface area contributed by atoms with Crippen LogP contribution in [0.2, 0.25) is 5.02 Å². The van der Waals surface area contributed by atoms with Crippen molar-refractivity contribution in [1.82, 2.24) is 15.1 Å². The Bertz CT molecular complexity index is 1000. The minimum Gasteiger partial charge on any atom is -0.478 e. The van der Waals surface area contributed by atoms with Crippen molar-refractivity contribution in [2.24, 2.45) is 4.99 Å². The molecule has 0 bridgehead atoms. The molecule has 0 radical (unpaired) electrons. The lowest BCUT2D eigenvalue weighted by atomic mass is 10.2. The van der Waals surface area contributed by atoms with E-state index in [2.05, 4.69) is 15.4 Å². The highest BCUT2D eigenvalue weighted by atomic mass is 35.5. The van der Waals surface area contributed by atoms with Crippen molar-refractivity contribution in [3.8, 4) is 11.6 Å². The number of aromatic nitrogens is 2. The summed E-state index contributed by atoms with van der Waals surface area (Å²) in [6.45, 7) is 2.91. The van der Waals surface area contributed by atoms with E-state index in [4.69, 9.17) is 16.3 Å². The van der Waals surface area contributed by atoms with Gasteiger partial charge in [0.2, 0.25) is 5.88 Å². The average molecular weight is 397 g/mol. The standard InChI is InChI=1S/C21H21ClN4O2/c1-2-11-28-20-13-18(15-24-26(20)19-9-4-3-5-10-19)25-21(27)23-14-16-7-6-8-17(22)12-16/h3-10,12-13,15H,2,11,14H2,1H3,(H,23,27). The van der Waals surface area contributed by atoms with Gasteiger partial charge in [0, 0.05) is 17.6 Å². The van der Waals surface area contributed by atoms with Crippen molar-refractivity contribution in [3.63, 3.8) is 0 Å². The summed E-state index contributed by atoms with van der Waals surface area (Å²) in [6, 6.07) is 18.2. The second kappa shape index (κ2) is 9.71. The number of nitrogens with zero attached hydrogens (tertiary/aromatic N) is 3. The van der Waals surface area contributed by atoms with Crippen LogP contribution in [0.3, 0.4) is 0 Å². The summed E-state index contributed by atoms with van der Waals surface area (Å²) in [5, 5.41) is 8.17. The Morgan fingerprint density at radius 3 is 2.75 bits per heavy atom. The lowest BCUT2D eigenvalue weighted by Gasteiger charge is -2.12. The molecule has 0 aliphatic carbocycles. The molecule has 0 unspecified atom stereocenters. The summed E-state index contributed by atoms with van der Waals surface area (Å²) in [7, 11) is 0. The summed E-state index contributed by atoms with van der Waals surface area (Å²) in [5.74, 6) is 0.525. The molecular weight excluding hydrogens is 376 g/mol. The zero-order valence-electron chi connectivity index (χ0n) is 15.5. The number of carbonyl (C=O) groups excluding carboxylic acids is 1. The highest BCUT2D eigenvalue weighted by Crippen LogP contribution is 2.14. The topological polar surface area (TPSA) is 68.5 Å². The second-order valence-corrected chi connectivity index (χ2v) is 6.48. The molecule has 3 rings (SSSR count). The summed E-state index contributed by atoms with van der Waals surface area (Å²) < 4.78 is 7.48. The second-order valence-electron chi connectivity index (χ2n) is 6.05. The minimum atomic E-state index is -0.458. The van der Waals surface area contributed by atoms with Crippen LogP contribution in [0, 0.1) is 0 Å². The van der Waals surface area contributed by atoms with Gasteiger partial charge in [-0.2, -0.15) is 10.1 Å². The van der Waals surface area contributed by atoms with Gasteiger partial charge in [-0.1, -0.05) is 48.9 Å². The molecule has 2 aromatic carbocycles. The number of para-hydroxylation sites is 1. The van der Waals surface area contributed by atoms with Crippen LogP contribution in [-0.4, -0.2) is 22.4 Å². The Morgan fingerprint density at radius 1 is 1.18 bits per heavy atom. The van der Waals surface area contributed by atoms with Crippen LogP contribution in [-0.2, 0) is 6.54 Å². The first-order valence-electron chi connectivity index (χ1n) is 9.00. The first-order chi connectivity index (χ1) is 13.7. The van der Waals surface area contributed by atoms with E-state index >= 15 is 0 Å². The fourth-order valence-electron chi connectivity index (χ4n) is 2.51. The third kappa shape index (κ3) is 5.44. The number of hydrogen-bond acceptors (Lipinski definition) is 3. The van der Waals surface area contributed by atoms with E-state index in [1.807, 2.05) is 49.4 Å². The van der Waals surface area contributed by atoms with Gasteiger partial charge < -0.3 is 10.1 Å². The maximum Gasteiger partial charge on any atom is 0.341 e. The van der Waals surface area contributed by atoms with Crippen molar-refractivity contribution < 1.29 is 9.53 Å². The number of nitrogens with one attached hydrogen (secondary N) is 1. The van der Waals surface area contributed by atoms with Crippen LogP contribution in [0.1, 0.15) is 18.9 Å². The Kier molecular flexibility index (Phi) is 6.81. The number of benzene rings is 2. The van der Waals surface area contributed by atoms with Gasteiger partial charge in [0.15, 0.2) is 0 Å². The lowest BCUT2D eigenvalue weighted by molar-refractivity contribution is 0.248. The van der Waals surface area contributed by atoms with Crippen LogP contribution in [0.25, 0.3) is 5.69 Å². The third-order valence-corrected chi connectivity index (χ3v) is 4.04. The molecule has 1 aromatic heterocycles. The molecule has 0 aliphatic heterocycles. The zero-order valence-corrected chi connectivity index (χ0v) is 16.3. The summed E-state index contributed by atoms with van der Waals surface area (Å²) in [5.41, 5.74) is 1.77. The van der Waals surface area contributed by atoms with E-state index in [9.17, 15) is 4.79 Å². The maximum absolute atomic E-state index is 12.2. The first-order valence-corrected chi connectivity index (χ1v) is 9.38. The average Bonchev–Trinajstić information content (AvgIpc) is 2.71. The molecule has 0 spiro atoms. The molecule has 0 saturated heterocycles. The highest BCUT2D eigenvalue weighted by molar-refractivity contribution is 6.30. The fraction of sp³-hybridized carbons (Fsp3) is 0.190. The quantitative estimate of drug-likeness (QED) is 0.681. The first kappa shape index (κ1) is 19.6. The molecule has 2 amide bonds. The number of carbonyl (C=O) groups is 1. The van der Waals surface area contributed by atoms with Crippen LogP contribution in [0.15, 0.2) is 71.9 Å². The largest absolute Gasteiger partial charge is 0.478 e. The van der Waals surface area contributed by atoms with E-state index in [-0.39, 0.29) is 0 Å². The number of hydrogen-bond donors (Lipinski definition) is 1. The molecule has 28 heavy (non-hydrogen) atoms. The van der Waals surface area contributed by atoms with Crippen molar-refractivity contribution >= 4 is 17.6 Å². The fourth-order valence-corrected chi connectivity index (χ4v) is 2.73. The molecular formula is C21H21ClN4O2. The van der Waals surface area contributed by atoms with E-state index in [1.54, 1.807) is 22.9 Å². The van der Waals surface area contributed by atoms with Gasteiger partial charge in [0.05, 0.1) is 23.8 Å². The lowest BCUT2D eigenvalue weighted by Crippen LogP contribution is -2.22. The van der Waals surface area contributed by atoms with Gasteiger partial charge in [-0.25, -0.2) is 9.48 Å². The van der Waals surface area contributed by atoms with Crippen molar-refractivity contribution in [1.29, 1.82) is 0 Å². The van der Waals surface area contributed by atoms with E-state index in [0.29, 0.717) is 29.4 Å². The molecule has 0 saturated carbocycles. The number of halogens is 1.